The topological polar surface area (TPSA) is 49.3 Å². The van der Waals surface area contributed by atoms with E-state index in [4.69, 9.17) is 5.11 Å². The molecule has 0 saturated carbocycles. The van der Waals surface area contributed by atoms with Crippen molar-refractivity contribution >= 4 is 39.8 Å². The van der Waals surface area contributed by atoms with Crippen molar-refractivity contribution < 1.29 is 23.1 Å². The van der Waals surface area contributed by atoms with Crippen LogP contribution in [0.2, 0.25) is 0 Å². The largest absolute Gasteiger partial charge is 0.416 e. The lowest BCUT2D eigenvalue weighted by Gasteiger charge is -2.14. The molecule has 0 spiro atoms. The fraction of sp³-hybridized carbons (Fsp3) is 0.375. The Labute approximate surface area is 107 Å². The summed E-state index contributed by atoms with van der Waals surface area (Å²) < 4.78 is 36.6. The van der Waals surface area contributed by atoms with Gasteiger partial charge in [-0.05, 0) is 28.7 Å². The molecule has 0 bridgehead atoms. The Balaban J connectivity index is 2.48. The molecule has 1 rings (SSSR count). The highest BCUT2D eigenvalue weighted by molar-refractivity contribution is 14.1. The third-order valence-corrected chi connectivity index (χ3v) is 3.45. The molecule has 0 aliphatic heterocycles. The van der Waals surface area contributed by atoms with Gasteiger partial charge in [0.15, 0.2) is 6.10 Å². The number of aliphatic hydroxyl groups is 1. The SMILES string of the molecule is O=C(NCC(O)C(F)(F)F)c1csc(I)c1. The molecule has 90 valence electrons. The first-order chi connectivity index (χ1) is 7.30. The molecule has 1 aromatic heterocycles. The van der Waals surface area contributed by atoms with Crippen LogP contribution in [0.1, 0.15) is 10.4 Å². The Bertz CT molecular complexity index is 380. The lowest BCUT2D eigenvalue weighted by Crippen LogP contribution is -2.40. The zero-order valence-electron chi connectivity index (χ0n) is 7.71. The molecule has 2 N–H and O–H groups in total. The summed E-state index contributed by atoms with van der Waals surface area (Å²) in [6, 6.07) is 1.56. The summed E-state index contributed by atoms with van der Waals surface area (Å²) in [7, 11) is 0. The lowest BCUT2D eigenvalue weighted by atomic mass is 10.3. The van der Waals surface area contributed by atoms with Crippen LogP contribution in [0.15, 0.2) is 11.4 Å². The molecule has 0 fully saturated rings. The number of nitrogens with one attached hydrogen (secondary N) is 1. The first-order valence-corrected chi connectivity index (χ1v) is 6.03. The normalized spacial score (nSPS) is 13.6. The van der Waals surface area contributed by atoms with Gasteiger partial charge in [0, 0.05) is 5.38 Å². The summed E-state index contributed by atoms with van der Waals surface area (Å²) in [5, 5.41) is 12.2. The molecule has 3 nitrogen and oxygen atoms in total. The van der Waals surface area contributed by atoms with E-state index in [0.717, 1.165) is 2.88 Å². The monoisotopic (exact) mass is 365 g/mol. The Morgan fingerprint density at radius 2 is 2.25 bits per heavy atom. The second kappa shape index (κ2) is 5.32. The highest BCUT2D eigenvalue weighted by Crippen LogP contribution is 2.20. The number of rotatable bonds is 3. The molecule has 0 radical (unpaired) electrons. The highest BCUT2D eigenvalue weighted by Gasteiger charge is 2.38. The minimum atomic E-state index is -4.71. The van der Waals surface area contributed by atoms with Crippen molar-refractivity contribution in [2.45, 2.75) is 12.3 Å². The van der Waals surface area contributed by atoms with Crippen LogP contribution in [-0.2, 0) is 0 Å². The Kier molecular flexibility index (Phi) is 4.56. The van der Waals surface area contributed by atoms with Gasteiger partial charge in [-0.15, -0.1) is 11.3 Å². The van der Waals surface area contributed by atoms with E-state index < -0.39 is 24.7 Å². The summed E-state index contributed by atoms with van der Waals surface area (Å²) in [5.74, 6) is -0.623. The van der Waals surface area contributed by atoms with Gasteiger partial charge < -0.3 is 10.4 Å². The van der Waals surface area contributed by atoms with Gasteiger partial charge in [0.1, 0.15) is 0 Å². The molecule has 16 heavy (non-hydrogen) atoms. The number of halogens is 4. The van der Waals surface area contributed by atoms with Crippen LogP contribution in [0.5, 0.6) is 0 Å². The van der Waals surface area contributed by atoms with Gasteiger partial charge in [-0.1, -0.05) is 0 Å². The second-order valence-electron chi connectivity index (χ2n) is 2.91. The average molecular weight is 365 g/mol. The van der Waals surface area contributed by atoms with Crippen LogP contribution in [0, 0.1) is 2.88 Å². The van der Waals surface area contributed by atoms with E-state index in [-0.39, 0.29) is 0 Å². The standard InChI is InChI=1S/C8H7F3INO2S/c9-8(10,11)5(14)2-13-7(15)4-1-6(12)16-3-4/h1,3,5,14H,2H2,(H,13,15). The van der Waals surface area contributed by atoms with Crippen molar-refractivity contribution in [1.29, 1.82) is 0 Å². The molecule has 0 aromatic carbocycles. The minimum Gasteiger partial charge on any atom is -0.382 e. The van der Waals surface area contributed by atoms with Gasteiger partial charge in [-0.25, -0.2) is 0 Å². The first-order valence-electron chi connectivity index (χ1n) is 4.07. The van der Waals surface area contributed by atoms with E-state index in [9.17, 15) is 18.0 Å². The van der Waals surface area contributed by atoms with Crippen molar-refractivity contribution in [1.82, 2.24) is 5.32 Å². The number of thiophene rings is 1. The number of aliphatic hydroxyl groups excluding tert-OH is 1. The predicted molar refractivity (Wildman–Crippen MR) is 61.4 cm³/mol. The maximum atomic E-state index is 11.9. The van der Waals surface area contributed by atoms with Gasteiger partial charge >= 0.3 is 6.18 Å². The maximum absolute atomic E-state index is 11.9. The van der Waals surface area contributed by atoms with Gasteiger partial charge in [-0.2, -0.15) is 13.2 Å². The third-order valence-electron chi connectivity index (χ3n) is 1.66. The minimum absolute atomic E-state index is 0.295. The van der Waals surface area contributed by atoms with Gasteiger partial charge in [0.2, 0.25) is 0 Å². The van der Waals surface area contributed by atoms with E-state index in [1.807, 2.05) is 27.9 Å². The molecular weight excluding hydrogens is 358 g/mol. The van der Waals surface area contributed by atoms with E-state index in [1.165, 1.54) is 16.7 Å². The number of amides is 1. The van der Waals surface area contributed by atoms with E-state index in [1.54, 1.807) is 6.07 Å². The van der Waals surface area contributed by atoms with Crippen molar-refractivity contribution in [2.24, 2.45) is 0 Å². The molecular formula is C8H7F3INO2S. The zero-order chi connectivity index (χ0) is 12.3. The Hall–Kier alpha value is -0.350. The summed E-state index contributed by atoms with van der Waals surface area (Å²) in [4.78, 5) is 11.3. The zero-order valence-corrected chi connectivity index (χ0v) is 10.7. The average Bonchev–Trinajstić information content (AvgIpc) is 2.59. The van der Waals surface area contributed by atoms with Crippen LogP contribution >= 0.6 is 33.9 Å². The van der Waals surface area contributed by atoms with Crippen molar-refractivity contribution in [3.05, 3.63) is 19.9 Å². The fourth-order valence-electron chi connectivity index (χ4n) is 0.836. The summed E-state index contributed by atoms with van der Waals surface area (Å²) in [6.45, 7) is -0.839. The third kappa shape index (κ3) is 3.91. The van der Waals surface area contributed by atoms with Gasteiger partial charge in [-0.3, -0.25) is 4.79 Å². The lowest BCUT2D eigenvalue weighted by molar-refractivity contribution is -0.201. The molecule has 0 aliphatic carbocycles. The second-order valence-corrected chi connectivity index (χ2v) is 5.71. The van der Waals surface area contributed by atoms with Crippen LogP contribution in [0.3, 0.4) is 0 Å². The van der Waals surface area contributed by atoms with Crippen LogP contribution in [0.25, 0.3) is 0 Å². The van der Waals surface area contributed by atoms with Crippen LogP contribution in [0.4, 0.5) is 13.2 Å². The molecule has 1 amide bonds. The van der Waals surface area contributed by atoms with Gasteiger partial charge in [0.25, 0.3) is 5.91 Å². The number of carbonyl (C=O) groups is 1. The van der Waals surface area contributed by atoms with E-state index >= 15 is 0 Å². The fourth-order valence-corrected chi connectivity index (χ4v) is 2.16. The number of alkyl halides is 3. The summed E-state index contributed by atoms with van der Waals surface area (Å²) >= 11 is 3.31. The molecule has 1 heterocycles. The van der Waals surface area contributed by atoms with Gasteiger partial charge in [0.05, 0.1) is 15.0 Å². The smallest absolute Gasteiger partial charge is 0.382 e. The Morgan fingerprint density at radius 1 is 1.62 bits per heavy atom. The predicted octanol–water partition coefficient (Wildman–Crippen LogP) is 2.01. The molecule has 0 saturated heterocycles. The summed E-state index contributed by atoms with van der Waals surface area (Å²) in [5.41, 5.74) is 0.295. The molecule has 1 atom stereocenters. The van der Waals surface area contributed by atoms with Crippen molar-refractivity contribution in [3.8, 4) is 0 Å². The summed E-state index contributed by atoms with van der Waals surface area (Å²) in [6.07, 6.45) is -7.25. The first kappa shape index (κ1) is 13.7. The van der Waals surface area contributed by atoms with Crippen LogP contribution < -0.4 is 5.32 Å². The molecule has 1 unspecified atom stereocenters. The van der Waals surface area contributed by atoms with E-state index in [2.05, 4.69) is 0 Å². The Morgan fingerprint density at radius 3 is 2.69 bits per heavy atom. The number of carbonyl (C=O) groups excluding carboxylic acids is 1. The van der Waals surface area contributed by atoms with Crippen molar-refractivity contribution in [2.75, 3.05) is 6.54 Å². The maximum Gasteiger partial charge on any atom is 0.416 e. The molecule has 1 aromatic rings. The van der Waals surface area contributed by atoms with Crippen LogP contribution in [-0.4, -0.2) is 29.8 Å². The van der Waals surface area contributed by atoms with Crippen molar-refractivity contribution in [3.63, 3.8) is 0 Å². The quantitative estimate of drug-likeness (QED) is 0.806. The highest BCUT2D eigenvalue weighted by atomic mass is 127. The van der Waals surface area contributed by atoms with E-state index in [0.29, 0.717) is 5.56 Å². The number of hydrogen-bond donors (Lipinski definition) is 2. The molecule has 8 heteroatoms. The number of hydrogen-bond acceptors (Lipinski definition) is 3. The molecule has 0 aliphatic rings.